The van der Waals surface area contributed by atoms with Gasteiger partial charge < -0.3 is 10.5 Å². The number of nitrogens with two attached hydrogens (primary N) is 1. The molecule has 1 aliphatic rings. The number of hydrogen-bond donors (Lipinski definition) is 1. The Hall–Kier alpha value is -0.310. The van der Waals surface area contributed by atoms with Crippen molar-refractivity contribution in [3.05, 3.63) is 0 Å². The second kappa shape index (κ2) is 8.21. The minimum absolute atomic E-state index is 0.331. The quantitative estimate of drug-likeness (QED) is 0.677. The zero-order valence-corrected chi connectivity index (χ0v) is 13.7. The fourth-order valence-electron chi connectivity index (χ4n) is 2.14. The van der Waals surface area contributed by atoms with Gasteiger partial charge in [-0.2, -0.15) is 11.8 Å². The van der Waals surface area contributed by atoms with Crippen LogP contribution in [0.1, 0.15) is 19.8 Å². The highest BCUT2D eigenvalue weighted by Crippen LogP contribution is 2.22. The van der Waals surface area contributed by atoms with E-state index in [-0.39, 0.29) is 5.97 Å². The average molecular weight is 324 g/mol. The lowest BCUT2D eigenvalue weighted by molar-refractivity contribution is -0.144. The van der Waals surface area contributed by atoms with Gasteiger partial charge in [-0.25, -0.2) is 12.7 Å². The standard InChI is InChI=1S/C12H24N2O4S2/c1-3-18-12(15)11(13)9-19-8-10-5-4-6-14(7-10)20(2,16)17/h10-11H,3-9,13H2,1-2H3. The summed E-state index contributed by atoms with van der Waals surface area (Å²) in [4.78, 5) is 11.4. The first kappa shape index (κ1) is 17.7. The highest BCUT2D eigenvalue weighted by Gasteiger charge is 2.26. The van der Waals surface area contributed by atoms with Crippen LogP contribution in [0, 0.1) is 5.92 Å². The van der Waals surface area contributed by atoms with Gasteiger partial charge in [-0.15, -0.1) is 0 Å². The first-order valence-corrected chi connectivity index (χ1v) is 9.80. The Morgan fingerprint density at radius 3 is 2.85 bits per heavy atom. The van der Waals surface area contributed by atoms with Crippen molar-refractivity contribution in [3.8, 4) is 0 Å². The zero-order chi connectivity index (χ0) is 15.2. The smallest absolute Gasteiger partial charge is 0.323 e. The molecular formula is C12H24N2O4S2. The third-order valence-corrected chi connectivity index (χ3v) is 5.76. The molecule has 6 nitrogen and oxygen atoms in total. The van der Waals surface area contributed by atoms with Crippen LogP contribution in [0.2, 0.25) is 0 Å². The highest BCUT2D eigenvalue weighted by molar-refractivity contribution is 7.99. The van der Waals surface area contributed by atoms with Crippen LogP contribution in [0.15, 0.2) is 0 Å². The van der Waals surface area contributed by atoms with Crippen molar-refractivity contribution < 1.29 is 17.9 Å². The summed E-state index contributed by atoms with van der Waals surface area (Å²) in [5.41, 5.74) is 5.71. The molecule has 2 N–H and O–H groups in total. The number of piperidine rings is 1. The van der Waals surface area contributed by atoms with Crippen LogP contribution in [-0.2, 0) is 19.6 Å². The van der Waals surface area contributed by atoms with Crippen LogP contribution in [-0.4, -0.2) is 62.2 Å². The third kappa shape index (κ3) is 5.99. The molecule has 1 saturated heterocycles. The van der Waals surface area contributed by atoms with E-state index in [1.807, 2.05) is 0 Å². The van der Waals surface area contributed by atoms with E-state index in [4.69, 9.17) is 10.5 Å². The number of thioether (sulfide) groups is 1. The van der Waals surface area contributed by atoms with Crippen molar-refractivity contribution in [3.63, 3.8) is 0 Å². The summed E-state index contributed by atoms with van der Waals surface area (Å²) in [7, 11) is -3.10. The van der Waals surface area contributed by atoms with Crippen molar-refractivity contribution in [1.29, 1.82) is 0 Å². The molecule has 0 bridgehead atoms. The third-order valence-electron chi connectivity index (χ3n) is 3.19. The fraction of sp³-hybridized carbons (Fsp3) is 0.917. The van der Waals surface area contributed by atoms with Gasteiger partial charge in [0.05, 0.1) is 12.9 Å². The number of nitrogens with zero attached hydrogens (tertiary/aromatic N) is 1. The Kier molecular flexibility index (Phi) is 7.28. The summed E-state index contributed by atoms with van der Waals surface area (Å²) >= 11 is 1.59. The Balaban J connectivity index is 2.30. The van der Waals surface area contributed by atoms with Gasteiger partial charge in [0.2, 0.25) is 10.0 Å². The SMILES string of the molecule is CCOC(=O)C(N)CSCC1CCCN(S(C)(=O)=O)C1. The van der Waals surface area contributed by atoms with Crippen molar-refractivity contribution >= 4 is 27.8 Å². The van der Waals surface area contributed by atoms with Gasteiger partial charge in [-0.05, 0) is 31.4 Å². The van der Waals surface area contributed by atoms with Crippen molar-refractivity contribution in [2.45, 2.75) is 25.8 Å². The molecule has 0 amide bonds. The lowest BCUT2D eigenvalue weighted by atomic mass is 10.0. The molecule has 2 atom stereocenters. The van der Waals surface area contributed by atoms with Crippen LogP contribution in [0.25, 0.3) is 0 Å². The predicted molar refractivity (Wildman–Crippen MR) is 81.1 cm³/mol. The van der Waals surface area contributed by atoms with Crippen molar-refractivity contribution in [2.75, 3.05) is 37.5 Å². The minimum Gasteiger partial charge on any atom is -0.465 e. The number of ether oxygens (including phenoxy) is 1. The Bertz CT molecular complexity index is 414. The first-order valence-electron chi connectivity index (χ1n) is 6.79. The van der Waals surface area contributed by atoms with Crippen molar-refractivity contribution in [2.24, 2.45) is 11.7 Å². The first-order chi connectivity index (χ1) is 9.34. The normalized spacial score (nSPS) is 22.4. The molecule has 0 aliphatic carbocycles. The molecule has 1 aliphatic heterocycles. The monoisotopic (exact) mass is 324 g/mol. The molecule has 0 aromatic carbocycles. The van der Waals surface area contributed by atoms with Gasteiger partial charge >= 0.3 is 5.97 Å². The van der Waals surface area contributed by atoms with Crippen LogP contribution >= 0.6 is 11.8 Å². The topological polar surface area (TPSA) is 89.7 Å². The van der Waals surface area contributed by atoms with E-state index in [1.54, 1.807) is 18.7 Å². The molecule has 8 heteroatoms. The number of hydrogen-bond acceptors (Lipinski definition) is 6. The van der Waals surface area contributed by atoms with Gasteiger partial charge in [0.25, 0.3) is 0 Å². The van der Waals surface area contributed by atoms with Crippen LogP contribution in [0.5, 0.6) is 0 Å². The van der Waals surface area contributed by atoms with Crippen molar-refractivity contribution in [1.82, 2.24) is 4.31 Å². The summed E-state index contributed by atoms with van der Waals surface area (Å²) in [5.74, 6) is 1.28. The summed E-state index contributed by atoms with van der Waals surface area (Å²) in [6.45, 7) is 3.27. The molecule has 20 heavy (non-hydrogen) atoms. The Morgan fingerprint density at radius 2 is 2.25 bits per heavy atom. The number of esters is 1. The molecular weight excluding hydrogens is 300 g/mol. The number of carbonyl (C=O) groups excluding carboxylic acids is 1. The largest absolute Gasteiger partial charge is 0.465 e. The predicted octanol–water partition coefficient (Wildman–Crippen LogP) is 0.282. The van der Waals surface area contributed by atoms with Crippen LogP contribution in [0.3, 0.4) is 0 Å². The lowest BCUT2D eigenvalue weighted by Gasteiger charge is -2.30. The summed E-state index contributed by atoms with van der Waals surface area (Å²) in [6, 6.07) is -0.602. The molecule has 0 aromatic heterocycles. The van der Waals surface area contributed by atoms with E-state index in [9.17, 15) is 13.2 Å². The molecule has 1 rings (SSSR count). The van der Waals surface area contributed by atoms with Gasteiger partial charge in [-0.3, -0.25) is 4.79 Å². The van der Waals surface area contributed by atoms with Gasteiger partial charge in [0, 0.05) is 18.8 Å². The second-order valence-electron chi connectivity index (χ2n) is 5.03. The zero-order valence-electron chi connectivity index (χ0n) is 12.1. The molecule has 0 radical (unpaired) electrons. The molecule has 2 unspecified atom stereocenters. The Morgan fingerprint density at radius 1 is 1.55 bits per heavy atom. The van der Waals surface area contributed by atoms with Gasteiger partial charge in [-0.1, -0.05) is 0 Å². The maximum absolute atomic E-state index is 11.5. The van der Waals surface area contributed by atoms with E-state index in [1.165, 1.54) is 10.6 Å². The maximum Gasteiger partial charge on any atom is 0.323 e. The molecule has 118 valence electrons. The van der Waals surface area contributed by atoms with E-state index < -0.39 is 16.1 Å². The summed E-state index contributed by atoms with van der Waals surface area (Å²) in [6.07, 6.45) is 3.16. The minimum atomic E-state index is -3.10. The van der Waals surface area contributed by atoms with E-state index in [0.717, 1.165) is 18.6 Å². The number of sulfonamides is 1. The molecule has 0 spiro atoms. The fourth-order valence-corrected chi connectivity index (χ4v) is 4.22. The van der Waals surface area contributed by atoms with Gasteiger partial charge in [0.15, 0.2) is 0 Å². The van der Waals surface area contributed by atoms with Crippen LogP contribution in [0.4, 0.5) is 0 Å². The molecule has 1 heterocycles. The summed E-state index contributed by atoms with van der Waals surface area (Å²) < 4.78 is 29.4. The second-order valence-corrected chi connectivity index (χ2v) is 8.08. The van der Waals surface area contributed by atoms with E-state index in [0.29, 0.717) is 31.4 Å². The average Bonchev–Trinajstić information content (AvgIpc) is 2.38. The van der Waals surface area contributed by atoms with E-state index >= 15 is 0 Å². The van der Waals surface area contributed by atoms with Gasteiger partial charge in [0.1, 0.15) is 6.04 Å². The number of carbonyl (C=O) groups is 1. The lowest BCUT2D eigenvalue weighted by Crippen LogP contribution is -2.40. The highest BCUT2D eigenvalue weighted by atomic mass is 32.2. The number of rotatable bonds is 7. The maximum atomic E-state index is 11.5. The molecule has 0 saturated carbocycles. The molecule has 0 aromatic rings. The van der Waals surface area contributed by atoms with Crippen LogP contribution < -0.4 is 5.73 Å². The summed E-state index contributed by atoms with van der Waals surface area (Å²) in [5, 5.41) is 0. The van der Waals surface area contributed by atoms with E-state index in [2.05, 4.69) is 0 Å². The Labute approximate surface area is 125 Å². The molecule has 1 fully saturated rings.